The lowest BCUT2D eigenvalue weighted by atomic mass is 10.0. The van der Waals surface area contributed by atoms with Crippen molar-refractivity contribution < 1.29 is 9.47 Å². The number of fused-ring (bicyclic) bond motifs is 1. The number of halogens is 1. The quantitative estimate of drug-likeness (QED) is 0.668. The zero-order chi connectivity index (χ0) is 20.2. The summed E-state index contributed by atoms with van der Waals surface area (Å²) >= 11 is 3.62. The molecule has 1 atom stereocenters. The van der Waals surface area contributed by atoms with Crippen molar-refractivity contribution in [2.75, 3.05) is 26.3 Å². The summed E-state index contributed by atoms with van der Waals surface area (Å²) in [5.74, 6) is 1.71. The standard InChI is InChI=1S/C22H29BrN4O2/c1-3-28-20-11-16(12-21(22(20)23)29-4-2)14-26-9-6-17(7-10-26)27-15-25-18-13-24-8-5-19(18)27/h5,8,11-13,15,17,19,24H,3-4,6-7,9-10,14H2,1-2H3. The Morgan fingerprint density at radius 1 is 1.14 bits per heavy atom. The summed E-state index contributed by atoms with van der Waals surface area (Å²) < 4.78 is 12.5. The fourth-order valence-corrected chi connectivity index (χ4v) is 4.69. The van der Waals surface area contributed by atoms with E-state index in [1.54, 1.807) is 0 Å². The van der Waals surface area contributed by atoms with Crippen LogP contribution in [0.15, 0.2) is 45.8 Å². The molecule has 4 rings (SSSR count). The maximum absolute atomic E-state index is 5.80. The molecule has 3 aliphatic rings. The summed E-state index contributed by atoms with van der Waals surface area (Å²) in [7, 11) is 0. The Hall–Kier alpha value is -1.99. The third kappa shape index (κ3) is 4.46. The predicted octanol–water partition coefficient (Wildman–Crippen LogP) is 3.88. The van der Waals surface area contributed by atoms with Gasteiger partial charge in [-0.3, -0.25) is 4.90 Å². The predicted molar refractivity (Wildman–Crippen MR) is 119 cm³/mol. The van der Waals surface area contributed by atoms with E-state index in [1.807, 2.05) is 32.6 Å². The van der Waals surface area contributed by atoms with Crippen molar-refractivity contribution in [1.82, 2.24) is 15.1 Å². The molecule has 1 saturated heterocycles. The van der Waals surface area contributed by atoms with Gasteiger partial charge in [-0.05, 0) is 72.6 Å². The molecule has 1 fully saturated rings. The maximum atomic E-state index is 5.80. The van der Waals surface area contributed by atoms with E-state index in [1.165, 1.54) is 5.56 Å². The lowest BCUT2D eigenvalue weighted by molar-refractivity contribution is 0.147. The molecule has 1 N–H and O–H groups in total. The van der Waals surface area contributed by atoms with Crippen molar-refractivity contribution in [1.29, 1.82) is 0 Å². The minimum atomic E-state index is 0.293. The number of nitrogens with one attached hydrogen (secondary N) is 1. The molecule has 156 valence electrons. The number of ether oxygens (including phenoxy) is 2. The number of hydrogen-bond donors (Lipinski definition) is 1. The largest absolute Gasteiger partial charge is 0.493 e. The first-order valence-electron chi connectivity index (χ1n) is 10.4. The highest BCUT2D eigenvalue weighted by Gasteiger charge is 2.32. The second kappa shape index (κ2) is 9.22. The molecule has 6 nitrogen and oxygen atoms in total. The Labute approximate surface area is 181 Å². The van der Waals surface area contributed by atoms with Gasteiger partial charge in [0.1, 0.15) is 16.0 Å². The third-order valence-corrected chi connectivity index (χ3v) is 6.40. The van der Waals surface area contributed by atoms with Gasteiger partial charge in [0.15, 0.2) is 0 Å². The second-order valence-corrected chi connectivity index (χ2v) is 8.30. The van der Waals surface area contributed by atoms with Gasteiger partial charge in [-0.2, -0.15) is 0 Å². The molecule has 0 amide bonds. The minimum absolute atomic E-state index is 0.293. The van der Waals surface area contributed by atoms with E-state index in [0.717, 1.165) is 54.1 Å². The Morgan fingerprint density at radius 3 is 2.48 bits per heavy atom. The van der Waals surface area contributed by atoms with Crippen LogP contribution in [0.2, 0.25) is 0 Å². The van der Waals surface area contributed by atoms with Gasteiger partial charge < -0.3 is 19.7 Å². The zero-order valence-corrected chi connectivity index (χ0v) is 18.7. The highest BCUT2D eigenvalue weighted by molar-refractivity contribution is 9.10. The van der Waals surface area contributed by atoms with Crippen molar-refractivity contribution in [3.05, 3.63) is 46.3 Å². The van der Waals surface area contributed by atoms with Crippen molar-refractivity contribution in [2.45, 2.75) is 45.3 Å². The van der Waals surface area contributed by atoms with Crippen LogP contribution in [-0.4, -0.2) is 54.5 Å². The van der Waals surface area contributed by atoms with Gasteiger partial charge in [0.25, 0.3) is 0 Å². The van der Waals surface area contributed by atoms with Crippen molar-refractivity contribution in [2.24, 2.45) is 4.99 Å². The summed E-state index contributed by atoms with van der Waals surface area (Å²) in [6.45, 7) is 8.34. The van der Waals surface area contributed by atoms with Crippen LogP contribution in [0.4, 0.5) is 0 Å². The first-order chi connectivity index (χ1) is 14.2. The van der Waals surface area contributed by atoms with Crippen LogP contribution in [0.25, 0.3) is 0 Å². The lowest BCUT2D eigenvalue weighted by Crippen LogP contribution is -2.46. The van der Waals surface area contributed by atoms with Crippen LogP contribution >= 0.6 is 15.9 Å². The minimum Gasteiger partial charge on any atom is -0.493 e. The van der Waals surface area contributed by atoms with Crippen LogP contribution in [0.3, 0.4) is 0 Å². The second-order valence-electron chi connectivity index (χ2n) is 7.51. The number of likely N-dealkylation sites (tertiary alicyclic amines) is 1. The highest BCUT2D eigenvalue weighted by Crippen LogP contribution is 2.37. The average Bonchev–Trinajstić information content (AvgIpc) is 3.16. The molecule has 0 bridgehead atoms. The van der Waals surface area contributed by atoms with Crippen LogP contribution < -0.4 is 14.8 Å². The van der Waals surface area contributed by atoms with E-state index in [-0.39, 0.29) is 0 Å². The van der Waals surface area contributed by atoms with E-state index in [2.05, 4.69) is 54.2 Å². The zero-order valence-electron chi connectivity index (χ0n) is 17.1. The van der Waals surface area contributed by atoms with Crippen molar-refractivity contribution in [3.63, 3.8) is 0 Å². The Morgan fingerprint density at radius 2 is 1.83 bits per heavy atom. The Balaban J connectivity index is 1.38. The topological polar surface area (TPSA) is 49.3 Å². The van der Waals surface area contributed by atoms with E-state index >= 15 is 0 Å². The molecule has 3 heterocycles. The molecule has 1 unspecified atom stereocenters. The molecule has 29 heavy (non-hydrogen) atoms. The van der Waals surface area contributed by atoms with Gasteiger partial charge in [0, 0.05) is 31.9 Å². The van der Waals surface area contributed by atoms with Gasteiger partial charge in [-0.1, -0.05) is 0 Å². The van der Waals surface area contributed by atoms with Crippen molar-refractivity contribution in [3.8, 4) is 11.5 Å². The van der Waals surface area contributed by atoms with Gasteiger partial charge in [-0.25, -0.2) is 4.99 Å². The SMILES string of the molecule is CCOc1cc(CN2CCC(N3C=NC4=CNC=CC43)CC2)cc(OCC)c1Br. The van der Waals surface area contributed by atoms with Crippen LogP contribution in [-0.2, 0) is 6.54 Å². The molecular weight excluding hydrogens is 432 g/mol. The monoisotopic (exact) mass is 460 g/mol. The molecule has 0 saturated carbocycles. The Bertz CT molecular complexity index is 788. The number of aliphatic imine (C=N–C) groups is 1. The fourth-order valence-electron chi connectivity index (χ4n) is 4.23. The van der Waals surface area contributed by atoms with E-state index in [4.69, 9.17) is 9.47 Å². The molecule has 3 aliphatic heterocycles. The molecular formula is C22H29BrN4O2. The number of nitrogens with zero attached hydrogens (tertiary/aromatic N) is 3. The van der Waals surface area contributed by atoms with Gasteiger partial charge in [-0.15, -0.1) is 0 Å². The summed E-state index contributed by atoms with van der Waals surface area (Å²) in [6.07, 6.45) is 10.5. The normalized spacial score (nSPS) is 21.7. The molecule has 0 aliphatic carbocycles. The average molecular weight is 461 g/mol. The lowest BCUT2D eigenvalue weighted by Gasteiger charge is -2.38. The summed E-state index contributed by atoms with van der Waals surface area (Å²) in [5, 5.41) is 3.13. The van der Waals surface area contributed by atoms with Crippen molar-refractivity contribution >= 4 is 22.3 Å². The van der Waals surface area contributed by atoms with E-state index in [0.29, 0.717) is 25.3 Å². The first kappa shape index (κ1) is 20.3. The first-order valence-corrected chi connectivity index (χ1v) is 11.2. The molecule has 0 spiro atoms. The summed E-state index contributed by atoms with van der Waals surface area (Å²) in [6, 6.07) is 5.09. The number of rotatable bonds is 7. The number of dihydropyridines is 1. The highest BCUT2D eigenvalue weighted by atomic mass is 79.9. The van der Waals surface area contributed by atoms with Gasteiger partial charge >= 0.3 is 0 Å². The maximum Gasteiger partial charge on any atom is 0.137 e. The number of piperidine rings is 1. The van der Waals surface area contributed by atoms with Crippen LogP contribution in [0.1, 0.15) is 32.3 Å². The molecule has 7 heteroatoms. The summed E-state index contributed by atoms with van der Waals surface area (Å²) in [4.78, 5) is 9.50. The van der Waals surface area contributed by atoms with E-state index < -0.39 is 0 Å². The molecule has 1 aromatic rings. The third-order valence-electron chi connectivity index (χ3n) is 5.62. The van der Waals surface area contributed by atoms with Crippen LogP contribution in [0, 0.1) is 0 Å². The molecule has 0 aromatic heterocycles. The smallest absolute Gasteiger partial charge is 0.137 e. The molecule has 1 aromatic carbocycles. The number of hydrogen-bond acceptors (Lipinski definition) is 6. The van der Waals surface area contributed by atoms with E-state index in [9.17, 15) is 0 Å². The number of benzene rings is 1. The van der Waals surface area contributed by atoms with Gasteiger partial charge in [0.05, 0.1) is 31.3 Å². The van der Waals surface area contributed by atoms with Crippen LogP contribution in [0.5, 0.6) is 11.5 Å². The van der Waals surface area contributed by atoms with Gasteiger partial charge in [0.2, 0.25) is 0 Å². The molecule has 0 radical (unpaired) electrons. The Kier molecular flexibility index (Phi) is 6.45. The summed E-state index contributed by atoms with van der Waals surface area (Å²) in [5.41, 5.74) is 2.34. The fraction of sp³-hybridized carbons (Fsp3) is 0.500.